The minimum atomic E-state index is -0.125. The van der Waals surface area contributed by atoms with Crippen molar-refractivity contribution in [3.05, 3.63) is 66.1 Å². The van der Waals surface area contributed by atoms with Crippen molar-refractivity contribution < 1.29 is 14.3 Å². The summed E-state index contributed by atoms with van der Waals surface area (Å²) >= 11 is 0. The smallest absolute Gasteiger partial charge is 0.178 e. The molecule has 0 atom stereocenters. The van der Waals surface area contributed by atoms with Crippen molar-refractivity contribution in [2.75, 3.05) is 0 Å². The molecule has 0 amide bonds. The van der Waals surface area contributed by atoms with Crippen LogP contribution in [0.25, 0.3) is 12.2 Å². The molecule has 2 aromatic rings. The molecule has 0 spiro atoms. The van der Waals surface area contributed by atoms with Crippen molar-refractivity contribution >= 4 is 17.9 Å². The van der Waals surface area contributed by atoms with Gasteiger partial charge in [0.15, 0.2) is 5.78 Å². The molecule has 3 heteroatoms. The normalized spacial score (nSPS) is 11.3. The highest BCUT2D eigenvalue weighted by Crippen LogP contribution is 2.10. The molecule has 0 bridgehead atoms. The zero-order valence-electron chi connectivity index (χ0n) is 9.61. The number of carbonyl (C=O) groups excluding carboxylic acids is 1. The number of furan rings is 1. The van der Waals surface area contributed by atoms with Gasteiger partial charge in [0.05, 0.1) is 6.26 Å². The summed E-state index contributed by atoms with van der Waals surface area (Å²) in [6.07, 6.45) is 7.76. The van der Waals surface area contributed by atoms with Crippen LogP contribution in [0.15, 0.2) is 59.2 Å². The van der Waals surface area contributed by atoms with Gasteiger partial charge in [-0.15, -0.1) is 0 Å². The van der Waals surface area contributed by atoms with Crippen molar-refractivity contribution in [3.63, 3.8) is 0 Å². The Hall–Kier alpha value is -2.55. The van der Waals surface area contributed by atoms with Crippen LogP contribution in [0.5, 0.6) is 5.75 Å². The van der Waals surface area contributed by atoms with Gasteiger partial charge in [-0.05, 0) is 48.1 Å². The summed E-state index contributed by atoms with van der Waals surface area (Å²) in [7, 11) is 0. The fourth-order valence-electron chi connectivity index (χ4n) is 1.37. The summed E-state index contributed by atoms with van der Waals surface area (Å²) in [5.41, 5.74) is 0.854. The molecule has 3 nitrogen and oxygen atoms in total. The molecule has 1 N–H and O–H groups in total. The van der Waals surface area contributed by atoms with E-state index in [1.54, 1.807) is 54.8 Å². The Kier molecular flexibility index (Phi) is 3.76. The van der Waals surface area contributed by atoms with Gasteiger partial charge in [0.2, 0.25) is 0 Å². The number of hydrogen-bond acceptors (Lipinski definition) is 3. The Bertz CT molecular complexity index is 560. The first-order valence-corrected chi connectivity index (χ1v) is 5.47. The van der Waals surface area contributed by atoms with Crippen LogP contribution in [0, 0.1) is 0 Å². The highest BCUT2D eigenvalue weighted by atomic mass is 16.3. The van der Waals surface area contributed by atoms with Crippen LogP contribution in [0.4, 0.5) is 0 Å². The van der Waals surface area contributed by atoms with Gasteiger partial charge in [0.1, 0.15) is 11.5 Å². The summed E-state index contributed by atoms with van der Waals surface area (Å²) in [6.45, 7) is 0. The third kappa shape index (κ3) is 3.49. The molecule has 90 valence electrons. The maximum Gasteiger partial charge on any atom is 0.178 e. The number of phenols is 1. The second-order valence-corrected chi connectivity index (χ2v) is 3.68. The lowest BCUT2D eigenvalue weighted by molar-refractivity contribution is -0.110. The van der Waals surface area contributed by atoms with Crippen LogP contribution in [-0.2, 0) is 4.79 Å². The number of hydrogen-bond donors (Lipinski definition) is 1. The first-order valence-electron chi connectivity index (χ1n) is 5.47. The van der Waals surface area contributed by atoms with E-state index in [2.05, 4.69) is 0 Å². The van der Waals surface area contributed by atoms with Crippen molar-refractivity contribution in [3.8, 4) is 5.75 Å². The van der Waals surface area contributed by atoms with Crippen molar-refractivity contribution in [1.82, 2.24) is 0 Å². The van der Waals surface area contributed by atoms with Gasteiger partial charge in [0.25, 0.3) is 0 Å². The van der Waals surface area contributed by atoms with Crippen molar-refractivity contribution in [2.45, 2.75) is 0 Å². The number of aromatic hydroxyl groups is 1. The van der Waals surface area contributed by atoms with E-state index in [4.69, 9.17) is 9.52 Å². The second kappa shape index (κ2) is 5.68. The number of benzene rings is 1. The average Bonchev–Trinajstić information content (AvgIpc) is 2.89. The second-order valence-electron chi connectivity index (χ2n) is 3.68. The minimum Gasteiger partial charge on any atom is -0.508 e. The summed E-state index contributed by atoms with van der Waals surface area (Å²) in [5, 5.41) is 9.11. The highest BCUT2D eigenvalue weighted by Gasteiger charge is 1.93. The zero-order chi connectivity index (χ0) is 12.8. The minimum absolute atomic E-state index is 0.125. The summed E-state index contributed by atoms with van der Waals surface area (Å²) in [5.74, 6) is 0.719. The molecule has 1 heterocycles. The molecule has 1 aromatic heterocycles. The summed E-state index contributed by atoms with van der Waals surface area (Å²) < 4.78 is 5.07. The third-order valence-corrected chi connectivity index (χ3v) is 2.29. The van der Waals surface area contributed by atoms with Crippen LogP contribution < -0.4 is 0 Å². The standard InChI is InChI=1S/C15H12O3/c16-13-6-3-12(4-7-13)5-8-14(17)9-10-15-2-1-11-18-15/h1-11,16H. The third-order valence-electron chi connectivity index (χ3n) is 2.29. The molecule has 0 aliphatic heterocycles. The zero-order valence-corrected chi connectivity index (χ0v) is 9.61. The summed E-state index contributed by atoms with van der Waals surface area (Å²) in [6, 6.07) is 10.1. The van der Waals surface area contributed by atoms with Gasteiger partial charge < -0.3 is 9.52 Å². The van der Waals surface area contributed by atoms with Crippen LogP contribution >= 0.6 is 0 Å². The Morgan fingerprint density at radius 1 is 1.06 bits per heavy atom. The number of rotatable bonds is 4. The Morgan fingerprint density at radius 2 is 1.78 bits per heavy atom. The van der Waals surface area contributed by atoms with E-state index < -0.39 is 0 Å². The lowest BCUT2D eigenvalue weighted by Gasteiger charge is -1.92. The van der Waals surface area contributed by atoms with Crippen LogP contribution in [0.3, 0.4) is 0 Å². The van der Waals surface area contributed by atoms with Gasteiger partial charge in [0, 0.05) is 0 Å². The van der Waals surface area contributed by atoms with E-state index in [1.807, 2.05) is 0 Å². The molecule has 0 saturated carbocycles. The van der Waals surface area contributed by atoms with Crippen LogP contribution in [0.1, 0.15) is 11.3 Å². The highest BCUT2D eigenvalue weighted by molar-refractivity contribution is 6.04. The fourth-order valence-corrected chi connectivity index (χ4v) is 1.37. The van der Waals surface area contributed by atoms with Crippen LogP contribution in [-0.4, -0.2) is 10.9 Å². The molecule has 0 unspecified atom stereocenters. The molecule has 18 heavy (non-hydrogen) atoms. The number of carbonyl (C=O) groups is 1. The summed E-state index contributed by atoms with van der Waals surface area (Å²) in [4.78, 5) is 11.5. The molecule has 0 fully saturated rings. The van der Waals surface area contributed by atoms with Gasteiger partial charge in [-0.1, -0.05) is 18.2 Å². The average molecular weight is 240 g/mol. The first kappa shape index (κ1) is 11.9. The molecule has 0 saturated heterocycles. The number of phenolic OH excluding ortho intramolecular Hbond substituents is 1. The molecular formula is C15H12O3. The van der Waals surface area contributed by atoms with Gasteiger partial charge in [-0.3, -0.25) is 4.79 Å². The van der Waals surface area contributed by atoms with E-state index in [0.717, 1.165) is 5.56 Å². The van der Waals surface area contributed by atoms with Gasteiger partial charge in [-0.2, -0.15) is 0 Å². The van der Waals surface area contributed by atoms with E-state index >= 15 is 0 Å². The maximum atomic E-state index is 11.5. The molecule has 0 aliphatic carbocycles. The lowest BCUT2D eigenvalue weighted by atomic mass is 10.2. The molecule has 1 aromatic carbocycles. The lowest BCUT2D eigenvalue weighted by Crippen LogP contribution is -1.84. The molecular weight excluding hydrogens is 228 g/mol. The largest absolute Gasteiger partial charge is 0.508 e. The van der Waals surface area contributed by atoms with E-state index in [-0.39, 0.29) is 11.5 Å². The topological polar surface area (TPSA) is 50.4 Å². The SMILES string of the molecule is O=C(C=Cc1ccc(O)cc1)C=Cc1ccco1. The van der Waals surface area contributed by atoms with E-state index in [9.17, 15) is 4.79 Å². The number of allylic oxidation sites excluding steroid dienone is 2. The van der Waals surface area contributed by atoms with Crippen molar-refractivity contribution in [2.24, 2.45) is 0 Å². The monoisotopic (exact) mass is 240 g/mol. The Balaban J connectivity index is 1.97. The number of ketones is 1. The predicted octanol–water partition coefficient (Wildman–Crippen LogP) is 3.28. The van der Waals surface area contributed by atoms with Crippen LogP contribution in [0.2, 0.25) is 0 Å². The van der Waals surface area contributed by atoms with Gasteiger partial charge in [-0.25, -0.2) is 0 Å². The molecule has 0 aliphatic rings. The molecule has 0 radical (unpaired) electrons. The predicted molar refractivity (Wildman–Crippen MR) is 69.9 cm³/mol. The Labute approximate surface area is 105 Å². The molecule has 2 rings (SSSR count). The van der Waals surface area contributed by atoms with E-state index in [1.165, 1.54) is 12.2 Å². The fraction of sp³-hybridized carbons (Fsp3) is 0. The maximum absolute atomic E-state index is 11.5. The Morgan fingerprint density at radius 3 is 2.44 bits per heavy atom. The van der Waals surface area contributed by atoms with Gasteiger partial charge >= 0.3 is 0 Å². The first-order chi connectivity index (χ1) is 8.74. The van der Waals surface area contributed by atoms with E-state index in [0.29, 0.717) is 5.76 Å². The quantitative estimate of drug-likeness (QED) is 0.834. The van der Waals surface area contributed by atoms with Crippen molar-refractivity contribution in [1.29, 1.82) is 0 Å².